The molecule has 12 heavy (non-hydrogen) atoms. The van der Waals surface area contributed by atoms with Crippen molar-refractivity contribution in [3.05, 3.63) is 28.2 Å². The molecule has 64 valence electrons. The minimum Gasteiger partial charge on any atom is -0.378 e. The molecule has 0 fully saturated rings. The third kappa shape index (κ3) is 1.14. The van der Waals surface area contributed by atoms with E-state index in [0.717, 1.165) is 4.47 Å². The summed E-state index contributed by atoms with van der Waals surface area (Å²) < 4.78 is 1.15. The number of rotatable bonds is 1. The van der Waals surface area contributed by atoms with Crippen LogP contribution in [0.1, 0.15) is 25.5 Å². The van der Waals surface area contributed by atoms with Gasteiger partial charge in [-0.3, -0.25) is 0 Å². The molecule has 0 amide bonds. The van der Waals surface area contributed by atoms with Gasteiger partial charge in [-0.2, -0.15) is 0 Å². The van der Waals surface area contributed by atoms with Gasteiger partial charge in [0.15, 0.2) is 0 Å². The fraction of sp³-hybridized carbons (Fsp3) is 0.400. The van der Waals surface area contributed by atoms with Crippen LogP contribution >= 0.6 is 15.9 Å². The zero-order chi connectivity index (χ0) is 8.72. The maximum atomic E-state index is 3.45. The predicted molar refractivity (Wildman–Crippen MR) is 55.3 cm³/mol. The molecular weight excluding hydrogens is 214 g/mol. The van der Waals surface area contributed by atoms with E-state index < -0.39 is 0 Å². The zero-order valence-electron chi connectivity index (χ0n) is 7.26. The lowest BCUT2D eigenvalue weighted by atomic mass is 9.88. The fourth-order valence-corrected chi connectivity index (χ4v) is 1.98. The molecule has 1 aromatic carbocycles. The van der Waals surface area contributed by atoms with E-state index in [4.69, 9.17) is 0 Å². The Kier molecular flexibility index (Phi) is 1.87. The van der Waals surface area contributed by atoms with E-state index in [1.54, 1.807) is 0 Å². The fourth-order valence-electron chi connectivity index (χ4n) is 1.62. The van der Waals surface area contributed by atoms with Crippen LogP contribution in [0.4, 0.5) is 5.69 Å². The van der Waals surface area contributed by atoms with Crippen LogP contribution in [0.5, 0.6) is 0 Å². The molecule has 1 aliphatic heterocycles. The van der Waals surface area contributed by atoms with Crippen LogP contribution in [0.25, 0.3) is 0 Å². The largest absolute Gasteiger partial charge is 0.378 e. The maximum absolute atomic E-state index is 3.45. The number of hydrogen-bond donors (Lipinski definition) is 1. The molecule has 0 bridgehead atoms. The van der Waals surface area contributed by atoms with Crippen molar-refractivity contribution in [1.82, 2.24) is 0 Å². The molecule has 2 rings (SSSR count). The highest BCUT2D eigenvalue weighted by atomic mass is 79.9. The normalized spacial score (nSPS) is 19.8. The van der Waals surface area contributed by atoms with E-state index in [1.165, 1.54) is 11.3 Å². The maximum Gasteiger partial charge on any atom is 0.0557 e. The van der Waals surface area contributed by atoms with E-state index in [0.29, 0.717) is 12.0 Å². The van der Waals surface area contributed by atoms with Crippen LogP contribution in [0.2, 0.25) is 0 Å². The SMILES string of the molecule is CC(C)C1Nc2cc(Br)ccc21. The summed E-state index contributed by atoms with van der Waals surface area (Å²) in [6, 6.07) is 7.00. The smallest absolute Gasteiger partial charge is 0.0557 e. The lowest BCUT2D eigenvalue weighted by molar-refractivity contribution is 0.520. The lowest BCUT2D eigenvalue weighted by Crippen LogP contribution is -2.26. The predicted octanol–water partition coefficient (Wildman–Crippen LogP) is 3.57. The summed E-state index contributed by atoms with van der Waals surface area (Å²) in [6.07, 6.45) is 0. The molecule has 1 N–H and O–H groups in total. The van der Waals surface area contributed by atoms with E-state index in [9.17, 15) is 0 Å². The second-order valence-electron chi connectivity index (χ2n) is 3.60. The summed E-state index contributed by atoms with van der Waals surface area (Å²) in [5, 5.41) is 3.43. The molecular formula is C10H12BrN. The Morgan fingerprint density at radius 1 is 1.42 bits per heavy atom. The molecule has 0 spiro atoms. The molecule has 0 radical (unpaired) electrons. The molecule has 1 nitrogen and oxygen atoms in total. The van der Waals surface area contributed by atoms with E-state index in [-0.39, 0.29) is 0 Å². The van der Waals surface area contributed by atoms with Crippen molar-refractivity contribution in [1.29, 1.82) is 0 Å². The van der Waals surface area contributed by atoms with Crippen molar-refractivity contribution in [2.45, 2.75) is 19.9 Å². The number of benzene rings is 1. The molecule has 2 heteroatoms. The first kappa shape index (κ1) is 8.11. The van der Waals surface area contributed by atoms with E-state index >= 15 is 0 Å². The highest BCUT2D eigenvalue weighted by Gasteiger charge is 2.27. The number of hydrogen-bond acceptors (Lipinski definition) is 1. The van der Waals surface area contributed by atoms with Crippen LogP contribution in [-0.2, 0) is 0 Å². The highest BCUT2D eigenvalue weighted by Crippen LogP contribution is 2.41. The third-order valence-corrected chi connectivity index (χ3v) is 2.82. The number of anilines is 1. The Bertz CT molecular complexity index is 307. The lowest BCUT2D eigenvalue weighted by Gasteiger charge is -2.35. The third-order valence-electron chi connectivity index (χ3n) is 2.33. The summed E-state index contributed by atoms with van der Waals surface area (Å²) in [6.45, 7) is 4.48. The van der Waals surface area contributed by atoms with E-state index in [2.05, 4.69) is 53.3 Å². The topological polar surface area (TPSA) is 12.0 Å². The first-order chi connectivity index (χ1) is 5.68. The van der Waals surface area contributed by atoms with Crippen LogP contribution < -0.4 is 5.32 Å². The number of fused-ring (bicyclic) bond motifs is 1. The summed E-state index contributed by atoms with van der Waals surface area (Å²) >= 11 is 3.45. The molecule has 0 aliphatic carbocycles. The minimum absolute atomic E-state index is 0.563. The van der Waals surface area contributed by atoms with Gasteiger partial charge in [-0.05, 0) is 23.6 Å². The number of nitrogens with one attached hydrogen (secondary N) is 1. The Balaban J connectivity index is 2.31. The second-order valence-corrected chi connectivity index (χ2v) is 4.51. The minimum atomic E-state index is 0.563. The molecule has 1 heterocycles. The zero-order valence-corrected chi connectivity index (χ0v) is 8.85. The Morgan fingerprint density at radius 3 is 2.75 bits per heavy atom. The molecule has 1 aliphatic rings. The molecule has 0 saturated carbocycles. The van der Waals surface area contributed by atoms with Crippen LogP contribution in [0.15, 0.2) is 22.7 Å². The van der Waals surface area contributed by atoms with Crippen molar-refractivity contribution < 1.29 is 0 Å². The van der Waals surface area contributed by atoms with Gasteiger partial charge >= 0.3 is 0 Å². The van der Waals surface area contributed by atoms with Gasteiger partial charge in [0.1, 0.15) is 0 Å². The van der Waals surface area contributed by atoms with Gasteiger partial charge in [-0.1, -0.05) is 35.8 Å². The van der Waals surface area contributed by atoms with Gasteiger partial charge < -0.3 is 5.32 Å². The van der Waals surface area contributed by atoms with Gasteiger partial charge in [-0.15, -0.1) is 0 Å². The van der Waals surface area contributed by atoms with Gasteiger partial charge in [0.25, 0.3) is 0 Å². The van der Waals surface area contributed by atoms with Gasteiger partial charge in [-0.25, -0.2) is 0 Å². The highest BCUT2D eigenvalue weighted by molar-refractivity contribution is 9.10. The standard InChI is InChI=1S/C10H12BrN/c1-6(2)10-8-4-3-7(11)5-9(8)12-10/h3-6,10,12H,1-2H3. The Labute approximate surface area is 81.3 Å². The van der Waals surface area contributed by atoms with Crippen LogP contribution in [-0.4, -0.2) is 0 Å². The van der Waals surface area contributed by atoms with Gasteiger partial charge in [0, 0.05) is 10.2 Å². The van der Waals surface area contributed by atoms with Crippen molar-refractivity contribution in [2.24, 2.45) is 5.92 Å². The first-order valence-corrected chi connectivity index (χ1v) is 5.04. The average molecular weight is 226 g/mol. The molecule has 0 saturated heterocycles. The van der Waals surface area contributed by atoms with Crippen molar-refractivity contribution in [2.75, 3.05) is 5.32 Å². The summed E-state index contributed by atoms with van der Waals surface area (Å²) in [7, 11) is 0. The first-order valence-electron chi connectivity index (χ1n) is 4.24. The summed E-state index contributed by atoms with van der Waals surface area (Å²) in [5.41, 5.74) is 2.73. The van der Waals surface area contributed by atoms with Gasteiger partial charge in [0.2, 0.25) is 0 Å². The molecule has 1 aromatic rings. The van der Waals surface area contributed by atoms with Crippen molar-refractivity contribution in [3.63, 3.8) is 0 Å². The average Bonchev–Trinajstić information content (AvgIpc) is 1.94. The van der Waals surface area contributed by atoms with Crippen molar-refractivity contribution in [3.8, 4) is 0 Å². The summed E-state index contributed by atoms with van der Waals surface area (Å²) in [5.74, 6) is 0.679. The second kappa shape index (κ2) is 2.77. The van der Waals surface area contributed by atoms with E-state index in [1.807, 2.05) is 0 Å². The van der Waals surface area contributed by atoms with Gasteiger partial charge in [0.05, 0.1) is 6.04 Å². The van der Waals surface area contributed by atoms with Crippen molar-refractivity contribution >= 4 is 21.6 Å². The van der Waals surface area contributed by atoms with Crippen LogP contribution in [0.3, 0.4) is 0 Å². The number of halogens is 1. The molecule has 0 aromatic heterocycles. The van der Waals surface area contributed by atoms with Crippen LogP contribution in [0, 0.1) is 5.92 Å². The summed E-state index contributed by atoms with van der Waals surface area (Å²) in [4.78, 5) is 0. The Hall–Kier alpha value is -0.500. The Morgan fingerprint density at radius 2 is 2.17 bits per heavy atom. The molecule has 1 unspecified atom stereocenters. The molecule has 1 atom stereocenters. The quantitative estimate of drug-likeness (QED) is 0.771. The monoisotopic (exact) mass is 225 g/mol.